The molecule has 2 bridgehead atoms. The number of morpholine rings is 1. The third kappa shape index (κ3) is 6.60. The fraction of sp³-hybridized carbons (Fsp3) is 0.630. The summed E-state index contributed by atoms with van der Waals surface area (Å²) in [6, 6.07) is 8.11. The van der Waals surface area contributed by atoms with E-state index in [0.717, 1.165) is 24.3 Å². The number of carbonyl (C=O) groups is 2. The number of hydrogen-bond donors (Lipinski definition) is 0. The van der Waals surface area contributed by atoms with E-state index in [-0.39, 0.29) is 23.7 Å². The van der Waals surface area contributed by atoms with E-state index in [1.54, 1.807) is 0 Å². The summed E-state index contributed by atoms with van der Waals surface area (Å²) in [5.41, 5.74) is 1.11. The summed E-state index contributed by atoms with van der Waals surface area (Å²) in [5, 5.41) is 0. The van der Waals surface area contributed by atoms with Crippen molar-refractivity contribution >= 4 is 11.8 Å². The molecule has 3 heterocycles. The maximum Gasteiger partial charge on any atom is 0.236 e. The molecule has 0 N–H and O–H groups in total. The maximum atomic E-state index is 13.3. The molecule has 0 aliphatic carbocycles. The van der Waals surface area contributed by atoms with Crippen molar-refractivity contribution in [1.82, 2.24) is 14.7 Å². The molecule has 2 amide bonds. The lowest BCUT2D eigenvalue weighted by molar-refractivity contribution is -0.138. The van der Waals surface area contributed by atoms with Crippen molar-refractivity contribution in [3.63, 3.8) is 0 Å². The summed E-state index contributed by atoms with van der Waals surface area (Å²) in [4.78, 5) is 32.4. The van der Waals surface area contributed by atoms with E-state index in [1.165, 1.54) is 0 Å². The van der Waals surface area contributed by atoms with Gasteiger partial charge >= 0.3 is 0 Å². The molecular weight excluding hydrogens is 430 g/mol. The first-order valence-corrected chi connectivity index (χ1v) is 12.7. The molecular formula is C27H39N3O4. The third-order valence-electron chi connectivity index (χ3n) is 7.03. The van der Waals surface area contributed by atoms with Gasteiger partial charge < -0.3 is 19.3 Å². The number of carbonyl (C=O) groups excluding carboxylic acids is 2. The molecule has 2 atom stereocenters. The number of ether oxygens (including phenoxy) is 2. The average Bonchev–Trinajstić information content (AvgIpc) is 2.83. The number of piperidine rings is 1. The predicted molar refractivity (Wildman–Crippen MR) is 131 cm³/mol. The molecule has 0 radical (unpaired) electrons. The second-order valence-electron chi connectivity index (χ2n) is 10.2. The van der Waals surface area contributed by atoms with Gasteiger partial charge in [-0.15, -0.1) is 0 Å². The predicted octanol–water partition coefficient (Wildman–Crippen LogP) is 2.81. The first kappa shape index (κ1) is 24.7. The Labute approximate surface area is 203 Å². The van der Waals surface area contributed by atoms with Gasteiger partial charge in [-0.05, 0) is 30.2 Å². The second-order valence-corrected chi connectivity index (χ2v) is 10.2. The van der Waals surface area contributed by atoms with Crippen LogP contribution >= 0.6 is 0 Å². The highest BCUT2D eigenvalue weighted by molar-refractivity contribution is 5.79. The minimum Gasteiger partial charge on any atom is -0.489 e. The normalized spacial score (nSPS) is 25.6. The fourth-order valence-corrected chi connectivity index (χ4v) is 5.27. The van der Waals surface area contributed by atoms with Crippen LogP contribution in [0.4, 0.5) is 0 Å². The lowest BCUT2D eigenvalue weighted by Gasteiger charge is -2.39. The van der Waals surface area contributed by atoms with Crippen LogP contribution in [0.2, 0.25) is 0 Å². The van der Waals surface area contributed by atoms with Gasteiger partial charge in [-0.25, -0.2) is 0 Å². The van der Waals surface area contributed by atoms with Crippen LogP contribution in [-0.4, -0.2) is 85.6 Å². The van der Waals surface area contributed by atoms with Gasteiger partial charge in [0.05, 0.1) is 19.8 Å². The van der Waals surface area contributed by atoms with Crippen molar-refractivity contribution in [2.75, 3.05) is 59.1 Å². The molecule has 7 heteroatoms. The highest BCUT2D eigenvalue weighted by Crippen LogP contribution is 2.30. The summed E-state index contributed by atoms with van der Waals surface area (Å²) < 4.78 is 11.5. The number of rotatable bonds is 4. The number of fused-ring (bicyclic) bond motifs is 3. The average molecular weight is 470 g/mol. The van der Waals surface area contributed by atoms with E-state index >= 15 is 0 Å². The quantitative estimate of drug-likeness (QED) is 0.635. The van der Waals surface area contributed by atoms with Gasteiger partial charge in [-0.1, -0.05) is 44.2 Å². The Bertz CT molecular complexity index is 865. The number of amides is 2. The molecule has 1 aromatic carbocycles. The van der Waals surface area contributed by atoms with Crippen LogP contribution in [0.5, 0.6) is 5.75 Å². The van der Waals surface area contributed by atoms with Gasteiger partial charge in [0.25, 0.3) is 0 Å². The van der Waals surface area contributed by atoms with Gasteiger partial charge in [0, 0.05) is 51.3 Å². The number of hydrogen-bond acceptors (Lipinski definition) is 5. The first-order chi connectivity index (χ1) is 16.5. The molecule has 2 fully saturated rings. The molecule has 3 aliphatic rings. The number of para-hydroxylation sites is 1. The largest absolute Gasteiger partial charge is 0.489 e. The van der Waals surface area contributed by atoms with E-state index in [2.05, 4.69) is 37.0 Å². The summed E-state index contributed by atoms with van der Waals surface area (Å²) in [6.07, 6.45) is 5.61. The smallest absolute Gasteiger partial charge is 0.236 e. The Morgan fingerprint density at radius 2 is 1.91 bits per heavy atom. The second kappa shape index (κ2) is 11.8. The molecule has 0 aromatic heterocycles. The van der Waals surface area contributed by atoms with Gasteiger partial charge in [-0.3, -0.25) is 14.5 Å². The molecule has 2 saturated heterocycles. The Hall–Kier alpha value is -2.38. The zero-order valence-corrected chi connectivity index (χ0v) is 20.7. The SMILES string of the molecule is CC(C)CN1CC(=O)N2CC[C@@H](CC(=O)N3CCOCC3)[C@@H](/C=C/COc3ccccc3C1)C2. The van der Waals surface area contributed by atoms with E-state index in [9.17, 15) is 9.59 Å². The standard InChI is InChI=1S/C27H39N3O4/c1-21(2)17-28-18-24-6-3-4-8-25(24)34-13-5-7-23-19-30(27(32)20-28)10-9-22(23)16-26(31)29-11-14-33-15-12-29/h3-8,21-23H,9-20H2,1-2H3/b7-5+/t22-,23-/m0/s1. The molecule has 34 heavy (non-hydrogen) atoms. The minimum atomic E-state index is 0.154. The number of nitrogens with zero attached hydrogens (tertiary/aromatic N) is 3. The molecule has 4 rings (SSSR count). The molecule has 0 spiro atoms. The van der Waals surface area contributed by atoms with Crippen LogP contribution in [0.1, 0.15) is 32.3 Å². The van der Waals surface area contributed by atoms with E-state index in [1.807, 2.05) is 28.0 Å². The Balaban J connectivity index is 1.51. The highest BCUT2D eigenvalue weighted by Gasteiger charge is 2.33. The van der Waals surface area contributed by atoms with Gasteiger partial charge in [0.15, 0.2) is 0 Å². The monoisotopic (exact) mass is 469 g/mol. The van der Waals surface area contributed by atoms with Crippen LogP contribution in [-0.2, 0) is 20.9 Å². The molecule has 0 saturated carbocycles. The zero-order valence-electron chi connectivity index (χ0n) is 20.7. The Morgan fingerprint density at radius 1 is 1.12 bits per heavy atom. The highest BCUT2D eigenvalue weighted by atomic mass is 16.5. The summed E-state index contributed by atoms with van der Waals surface area (Å²) in [5.74, 6) is 2.10. The minimum absolute atomic E-state index is 0.154. The first-order valence-electron chi connectivity index (χ1n) is 12.7. The molecule has 3 aliphatic heterocycles. The number of benzene rings is 1. The Morgan fingerprint density at radius 3 is 2.71 bits per heavy atom. The van der Waals surface area contributed by atoms with Gasteiger partial charge in [0.1, 0.15) is 12.4 Å². The summed E-state index contributed by atoms with van der Waals surface area (Å²) in [6.45, 7) is 10.8. The van der Waals surface area contributed by atoms with Gasteiger partial charge in [-0.2, -0.15) is 0 Å². The van der Waals surface area contributed by atoms with Crippen molar-refractivity contribution in [3.05, 3.63) is 42.0 Å². The van der Waals surface area contributed by atoms with Crippen LogP contribution in [0.15, 0.2) is 36.4 Å². The van der Waals surface area contributed by atoms with E-state index < -0.39 is 0 Å². The fourth-order valence-electron chi connectivity index (χ4n) is 5.27. The van der Waals surface area contributed by atoms with Crippen molar-refractivity contribution in [1.29, 1.82) is 0 Å². The molecule has 1 aromatic rings. The maximum absolute atomic E-state index is 13.3. The van der Waals surface area contributed by atoms with Crippen molar-refractivity contribution in [2.45, 2.75) is 33.2 Å². The Kier molecular flexibility index (Phi) is 8.62. The van der Waals surface area contributed by atoms with Crippen molar-refractivity contribution in [3.8, 4) is 5.75 Å². The molecule has 186 valence electrons. The van der Waals surface area contributed by atoms with E-state index in [4.69, 9.17) is 9.47 Å². The van der Waals surface area contributed by atoms with E-state index in [0.29, 0.717) is 71.4 Å². The molecule has 0 unspecified atom stereocenters. The lowest BCUT2D eigenvalue weighted by Crippen LogP contribution is -2.49. The van der Waals surface area contributed by atoms with Crippen LogP contribution < -0.4 is 4.74 Å². The van der Waals surface area contributed by atoms with Crippen molar-refractivity contribution < 1.29 is 19.1 Å². The van der Waals surface area contributed by atoms with Crippen LogP contribution in [0.3, 0.4) is 0 Å². The summed E-state index contributed by atoms with van der Waals surface area (Å²) in [7, 11) is 0. The molecule has 7 nitrogen and oxygen atoms in total. The lowest BCUT2D eigenvalue weighted by atomic mass is 9.82. The van der Waals surface area contributed by atoms with Crippen LogP contribution in [0, 0.1) is 17.8 Å². The topological polar surface area (TPSA) is 62.3 Å². The van der Waals surface area contributed by atoms with Crippen molar-refractivity contribution in [2.24, 2.45) is 17.8 Å². The zero-order chi connectivity index (χ0) is 23.9. The van der Waals surface area contributed by atoms with Gasteiger partial charge in [0.2, 0.25) is 11.8 Å². The third-order valence-corrected chi connectivity index (χ3v) is 7.03. The summed E-state index contributed by atoms with van der Waals surface area (Å²) >= 11 is 0. The van der Waals surface area contributed by atoms with Crippen LogP contribution in [0.25, 0.3) is 0 Å².